The second-order valence-electron chi connectivity index (χ2n) is 6.05. The standard InChI is InChI=1S/C19H17ClN4O3/c1-12(21-11-14-3-5-15(20)6-4-14)18-13(2)22-23(19(18)25)16-7-9-17(10-8-16)24(26)27/h3-10,22H,11H2,1-2H3. The molecule has 3 rings (SSSR count). The highest BCUT2D eigenvalue weighted by Crippen LogP contribution is 2.15. The maximum Gasteiger partial charge on any atom is 0.280 e. The minimum absolute atomic E-state index is 0.0315. The third-order valence-corrected chi connectivity index (χ3v) is 4.42. The van der Waals surface area contributed by atoms with Crippen molar-refractivity contribution in [1.82, 2.24) is 9.78 Å². The van der Waals surface area contributed by atoms with Gasteiger partial charge in [-0.2, -0.15) is 0 Å². The van der Waals surface area contributed by atoms with Gasteiger partial charge in [-0.15, -0.1) is 0 Å². The number of non-ortho nitro benzene ring substituents is 1. The summed E-state index contributed by atoms with van der Waals surface area (Å²) < 4.78 is 1.36. The van der Waals surface area contributed by atoms with Crippen molar-refractivity contribution in [3.8, 4) is 5.69 Å². The van der Waals surface area contributed by atoms with Crippen LogP contribution in [0, 0.1) is 17.0 Å². The molecule has 0 amide bonds. The SMILES string of the molecule is CC(=NCc1ccc(Cl)cc1)c1c(C)[nH]n(-c2ccc([N+](=O)[O-])cc2)c1=O. The van der Waals surface area contributed by atoms with Crippen molar-refractivity contribution in [1.29, 1.82) is 0 Å². The Balaban J connectivity index is 1.90. The van der Waals surface area contributed by atoms with Gasteiger partial charge in [-0.3, -0.25) is 25.0 Å². The lowest BCUT2D eigenvalue weighted by molar-refractivity contribution is -0.384. The van der Waals surface area contributed by atoms with Crippen molar-refractivity contribution in [3.63, 3.8) is 0 Å². The molecule has 2 aromatic carbocycles. The first-order valence-corrected chi connectivity index (χ1v) is 8.57. The molecule has 0 spiro atoms. The van der Waals surface area contributed by atoms with Crippen molar-refractivity contribution >= 4 is 23.0 Å². The van der Waals surface area contributed by atoms with Gasteiger partial charge in [0.05, 0.1) is 22.7 Å². The molecular weight excluding hydrogens is 368 g/mol. The van der Waals surface area contributed by atoms with Crippen LogP contribution in [0.3, 0.4) is 0 Å². The van der Waals surface area contributed by atoms with Gasteiger partial charge in [0.1, 0.15) is 0 Å². The highest BCUT2D eigenvalue weighted by atomic mass is 35.5. The molecule has 27 heavy (non-hydrogen) atoms. The number of aliphatic imine (C=N–C) groups is 1. The smallest absolute Gasteiger partial charge is 0.280 e. The Bertz CT molecular complexity index is 1060. The molecule has 0 aliphatic carbocycles. The summed E-state index contributed by atoms with van der Waals surface area (Å²) in [6, 6.07) is 13.1. The van der Waals surface area contributed by atoms with Crippen LogP contribution in [-0.4, -0.2) is 20.4 Å². The van der Waals surface area contributed by atoms with Crippen LogP contribution in [0.5, 0.6) is 0 Å². The molecule has 0 aliphatic rings. The molecular formula is C19H17ClN4O3. The van der Waals surface area contributed by atoms with Gasteiger partial charge >= 0.3 is 0 Å². The number of halogens is 1. The van der Waals surface area contributed by atoms with Gasteiger partial charge in [0.25, 0.3) is 11.2 Å². The number of aromatic amines is 1. The Morgan fingerprint density at radius 1 is 1.19 bits per heavy atom. The van der Waals surface area contributed by atoms with E-state index in [4.69, 9.17) is 11.6 Å². The number of benzene rings is 2. The van der Waals surface area contributed by atoms with E-state index in [1.807, 2.05) is 12.1 Å². The topological polar surface area (TPSA) is 93.3 Å². The van der Waals surface area contributed by atoms with Gasteiger partial charge in [-0.1, -0.05) is 23.7 Å². The first-order valence-electron chi connectivity index (χ1n) is 8.19. The zero-order valence-corrected chi connectivity index (χ0v) is 15.5. The third kappa shape index (κ3) is 3.98. The lowest BCUT2D eigenvalue weighted by Crippen LogP contribution is -2.19. The van der Waals surface area contributed by atoms with Gasteiger partial charge < -0.3 is 0 Å². The van der Waals surface area contributed by atoms with Gasteiger partial charge in [-0.25, -0.2) is 4.68 Å². The summed E-state index contributed by atoms with van der Waals surface area (Å²) in [6.45, 7) is 4.01. The third-order valence-electron chi connectivity index (χ3n) is 4.16. The van der Waals surface area contributed by atoms with Crippen molar-refractivity contribution in [3.05, 3.63) is 90.8 Å². The molecule has 0 fully saturated rings. The maximum atomic E-state index is 12.8. The highest BCUT2D eigenvalue weighted by Gasteiger charge is 2.15. The molecule has 1 heterocycles. The molecule has 7 nitrogen and oxygen atoms in total. The molecule has 3 aromatic rings. The first kappa shape index (κ1) is 18.6. The van der Waals surface area contributed by atoms with E-state index in [-0.39, 0.29) is 11.2 Å². The van der Waals surface area contributed by atoms with E-state index in [2.05, 4.69) is 10.1 Å². The zero-order valence-electron chi connectivity index (χ0n) is 14.8. The number of hydrogen-bond donors (Lipinski definition) is 1. The molecule has 8 heteroatoms. The molecule has 138 valence electrons. The lowest BCUT2D eigenvalue weighted by atomic mass is 10.1. The van der Waals surface area contributed by atoms with Gasteiger partial charge in [0.2, 0.25) is 0 Å². The summed E-state index contributed by atoms with van der Waals surface area (Å²) in [5, 5.41) is 14.4. The Morgan fingerprint density at radius 2 is 1.81 bits per heavy atom. The normalized spacial score (nSPS) is 11.6. The van der Waals surface area contributed by atoms with Crippen LogP contribution >= 0.6 is 11.6 Å². The predicted molar refractivity (Wildman–Crippen MR) is 105 cm³/mol. The van der Waals surface area contributed by atoms with Crippen molar-refractivity contribution < 1.29 is 4.92 Å². The number of hydrogen-bond acceptors (Lipinski definition) is 4. The fourth-order valence-corrected chi connectivity index (χ4v) is 2.88. The molecule has 1 N–H and O–H groups in total. The van der Waals surface area contributed by atoms with Crippen molar-refractivity contribution in [2.75, 3.05) is 0 Å². The summed E-state index contributed by atoms with van der Waals surface area (Å²) >= 11 is 5.88. The van der Waals surface area contributed by atoms with Crippen LogP contribution in [0.4, 0.5) is 5.69 Å². The maximum absolute atomic E-state index is 12.8. The molecule has 1 aromatic heterocycles. The monoisotopic (exact) mass is 384 g/mol. The van der Waals surface area contributed by atoms with Crippen LogP contribution < -0.4 is 5.56 Å². The highest BCUT2D eigenvalue weighted by molar-refractivity contribution is 6.30. The fraction of sp³-hybridized carbons (Fsp3) is 0.158. The van der Waals surface area contributed by atoms with Crippen LogP contribution in [0.2, 0.25) is 5.02 Å². The molecule has 0 saturated carbocycles. The Labute approximate surface area is 160 Å². The zero-order chi connectivity index (χ0) is 19.6. The summed E-state index contributed by atoms with van der Waals surface area (Å²) in [6.07, 6.45) is 0. The fourth-order valence-electron chi connectivity index (χ4n) is 2.76. The number of nitro benzene ring substituents is 1. The minimum Gasteiger partial charge on any atom is -0.295 e. The largest absolute Gasteiger partial charge is 0.295 e. The summed E-state index contributed by atoms with van der Waals surface area (Å²) in [4.78, 5) is 27.6. The number of nitrogens with zero attached hydrogens (tertiary/aromatic N) is 3. The summed E-state index contributed by atoms with van der Waals surface area (Å²) in [5.41, 5.74) is 3.00. The van der Waals surface area contributed by atoms with Crippen LogP contribution in [0.15, 0.2) is 58.3 Å². The molecule has 0 bridgehead atoms. The number of H-pyrrole nitrogens is 1. The van der Waals surface area contributed by atoms with Gasteiger partial charge in [0, 0.05) is 28.6 Å². The Kier molecular flexibility index (Phi) is 5.23. The second-order valence-corrected chi connectivity index (χ2v) is 6.49. The Hall–Kier alpha value is -3.19. The lowest BCUT2D eigenvalue weighted by Gasteiger charge is -2.01. The first-order chi connectivity index (χ1) is 12.9. The number of aryl methyl sites for hydroxylation is 1. The van der Waals surface area contributed by atoms with Gasteiger partial charge in [-0.05, 0) is 43.7 Å². The Morgan fingerprint density at radius 3 is 2.41 bits per heavy atom. The van der Waals surface area contributed by atoms with E-state index < -0.39 is 4.92 Å². The number of rotatable bonds is 5. The predicted octanol–water partition coefficient (Wildman–Crippen LogP) is 4.04. The van der Waals surface area contributed by atoms with Crippen molar-refractivity contribution in [2.45, 2.75) is 20.4 Å². The van der Waals surface area contributed by atoms with Gasteiger partial charge in [0.15, 0.2) is 0 Å². The van der Waals surface area contributed by atoms with E-state index in [0.29, 0.717) is 34.2 Å². The van der Waals surface area contributed by atoms with Crippen LogP contribution in [-0.2, 0) is 6.54 Å². The van der Waals surface area contributed by atoms with E-state index >= 15 is 0 Å². The minimum atomic E-state index is -0.481. The average molecular weight is 385 g/mol. The van der Waals surface area contributed by atoms with E-state index in [1.165, 1.54) is 28.9 Å². The second kappa shape index (κ2) is 7.59. The summed E-state index contributed by atoms with van der Waals surface area (Å²) in [7, 11) is 0. The number of aromatic nitrogens is 2. The van der Waals surface area contributed by atoms with E-state index in [0.717, 1.165) is 5.56 Å². The van der Waals surface area contributed by atoms with E-state index in [1.54, 1.807) is 26.0 Å². The average Bonchev–Trinajstić information content (AvgIpc) is 2.95. The molecule has 0 atom stereocenters. The molecule has 0 unspecified atom stereocenters. The molecule has 0 radical (unpaired) electrons. The van der Waals surface area contributed by atoms with Crippen molar-refractivity contribution in [2.24, 2.45) is 4.99 Å². The van der Waals surface area contributed by atoms with E-state index in [9.17, 15) is 14.9 Å². The molecule has 0 aliphatic heterocycles. The van der Waals surface area contributed by atoms with Crippen LogP contribution in [0.25, 0.3) is 5.69 Å². The quantitative estimate of drug-likeness (QED) is 0.408. The van der Waals surface area contributed by atoms with Crippen LogP contribution in [0.1, 0.15) is 23.7 Å². The summed E-state index contributed by atoms with van der Waals surface area (Å²) in [5.74, 6) is 0. The number of nitrogens with one attached hydrogen (secondary N) is 1. The number of nitro groups is 1. The molecule has 0 saturated heterocycles.